The number of piperidine rings is 1. The summed E-state index contributed by atoms with van der Waals surface area (Å²) in [5.41, 5.74) is 9.82. The maximum Gasteiger partial charge on any atom is 0.256 e. The maximum absolute atomic E-state index is 13.2. The Balaban J connectivity index is 1.27. The van der Waals surface area contributed by atoms with Crippen LogP contribution >= 0.6 is 0 Å². The molecule has 0 unspecified atom stereocenters. The minimum absolute atomic E-state index is 0.241. The second-order valence-corrected chi connectivity index (χ2v) is 9.45. The smallest absolute Gasteiger partial charge is 0.256 e. The van der Waals surface area contributed by atoms with Crippen molar-refractivity contribution >= 4 is 28.6 Å². The van der Waals surface area contributed by atoms with Gasteiger partial charge in [0.1, 0.15) is 0 Å². The number of hydrogen-bond donors (Lipinski definition) is 2. The Morgan fingerprint density at radius 1 is 1.05 bits per heavy atom. The third-order valence-corrected chi connectivity index (χ3v) is 6.70. The molecule has 1 saturated heterocycles. The molecule has 1 amide bonds. The van der Waals surface area contributed by atoms with E-state index >= 15 is 0 Å². The molecule has 1 aliphatic heterocycles. The van der Waals surface area contributed by atoms with Crippen LogP contribution in [0, 0.1) is 6.92 Å². The second kappa shape index (κ2) is 11.3. The monoisotopic (exact) mass is 496 g/mol. The third kappa shape index (κ3) is 6.03. The van der Waals surface area contributed by atoms with Crippen LogP contribution in [0.1, 0.15) is 41.6 Å². The zero-order chi connectivity index (χ0) is 25.6. The fourth-order valence-electron chi connectivity index (χ4n) is 4.71. The molecular weight excluding hydrogens is 464 g/mol. The SMILES string of the molecule is Cc1ccnc(NC(=O)c2cccc(-c3ccc4nc(N)ncc4c3)c2)c1OCCCN1CCCCC1. The van der Waals surface area contributed by atoms with Gasteiger partial charge in [0.05, 0.1) is 12.1 Å². The van der Waals surface area contributed by atoms with Gasteiger partial charge >= 0.3 is 0 Å². The molecular formula is C29H32N6O2. The minimum Gasteiger partial charge on any atom is -0.489 e. The molecule has 2 aromatic carbocycles. The molecule has 1 aliphatic rings. The molecule has 8 nitrogen and oxygen atoms in total. The summed E-state index contributed by atoms with van der Waals surface area (Å²) in [5, 5.41) is 3.84. The Kier molecular flexibility index (Phi) is 7.56. The summed E-state index contributed by atoms with van der Waals surface area (Å²) < 4.78 is 6.11. The molecule has 0 aliphatic carbocycles. The van der Waals surface area contributed by atoms with Gasteiger partial charge in [0.15, 0.2) is 11.6 Å². The molecule has 0 spiro atoms. The van der Waals surface area contributed by atoms with E-state index in [1.807, 2.05) is 49.4 Å². The first-order chi connectivity index (χ1) is 18.1. The van der Waals surface area contributed by atoms with Crippen LogP contribution in [-0.2, 0) is 0 Å². The standard InChI is InChI=1S/C29H32N6O2/c1-20-11-12-31-27(26(20)37-16-6-15-35-13-3-2-4-14-35)34-28(36)23-8-5-7-21(17-23)22-9-10-25-24(18-22)19-32-29(30)33-25/h5,7-12,17-19H,2-4,6,13-16H2,1H3,(H2,30,32,33)(H,31,34,36). The van der Waals surface area contributed by atoms with Crippen molar-refractivity contribution in [1.82, 2.24) is 19.9 Å². The number of carbonyl (C=O) groups is 1. The molecule has 0 saturated carbocycles. The van der Waals surface area contributed by atoms with E-state index in [9.17, 15) is 4.79 Å². The van der Waals surface area contributed by atoms with Gasteiger partial charge in [-0.15, -0.1) is 0 Å². The average molecular weight is 497 g/mol. The highest BCUT2D eigenvalue weighted by Gasteiger charge is 2.15. The first-order valence-corrected chi connectivity index (χ1v) is 12.8. The Morgan fingerprint density at radius 3 is 2.76 bits per heavy atom. The van der Waals surface area contributed by atoms with Crippen molar-refractivity contribution in [3.63, 3.8) is 0 Å². The van der Waals surface area contributed by atoms with Crippen LogP contribution in [-0.4, -0.2) is 52.0 Å². The van der Waals surface area contributed by atoms with Gasteiger partial charge in [0, 0.05) is 29.9 Å². The molecule has 190 valence electrons. The lowest BCUT2D eigenvalue weighted by Crippen LogP contribution is -2.31. The van der Waals surface area contributed by atoms with Crippen LogP contribution in [0.15, 0.2) is 60.9 Å². The minimum atomic E-state index is -0.241. The molecule has 1 fully saturated rings. The predicted molar refractivity (Wildman–Crippen MR) is 147 cm³/mol. The number of amides is 1. The van der Waals surface area contributed by atoms with E-state index in [4.69, 9.17) is 10.5 Å². The summed E-state index contributed by atoms with van der Waals surface area (Å²) in [7, 11) is 0. The average Bonchev–Trinajstić information content (AvgIpc) is 2.92. The van der Waals surface area contributed by atoms with Gasteiger partial charge in [-0.05, 0) is 86.3 Å². The van der Waals surface area contributed by atoms with Gasteiger partial charge in [-0.2, -0.15) is 0 Å². The number of hydrogen-bond acceptors (Lipinski definition) is 7. The molecule has 2 aromatic heterocycles. The number of ether oxygens (including phenoxy) is 1. The fourth-order valence-corrected chi connectivity index (χ4v) is 4.71. The number of aryl methyl sites for hydroxylation is 1. The number of nitrogens with two attached hydrogens (primary N) is 1. The summed E-state index contributed by atoms with van der Waals surface area (Å²) in [6, 6.07) is 15.2. The molecule has 0 atom stereocenters. The van der Waals surface area contributed by atoms with Crippen LogP contribution < -0.4 is 15.8 Å². The molecule has 0 bridgehead atoms. The molecule has 5 rings (SSSR count). The number of nitrogens with one attached hydrogen (secondary N) is 1. The van der Waals surface area contributed by atoms with Gasteiger partial charge in [0.25, 0.3) is 5.91 Å². The number of anilines is 2. The van der Waals surface area contributed by atoms with Crippen molar-refractivity contribution in [2.45, 2.75) is 32.6 Å². The van der Waals surface area contributed by atoms with Gasteiger partial charge in [0.2, 0.25) is 5.95 Å². The van der Waals surface area contributed by atoms with Crippen LogP contribution in [0.4, 0.5) is 11.8 Å². The molecule has 3 N–H and O–H groups in total. The second-order valence-electron chi connectivity index (χ2n) is 9.45. The van der Waals surface area contributed by atoms with Gasteiger partial charge in [-0.25, -0.2) is 15.0 Å². The third-order valence-electron chi connectivity index (χ3n) is 6.70. The van der Waals surface area contributed by atoms with Crippen LogP contribution in [0.25, 0.3) is 22.0 Å². The van der Waals surface area contributed by atoms with E-state index < -0.39 is 0 Å². The molecule has 4 aromatic rings. The summed E-state index contributed by atoms with van der Waals surface area (Å²) in [6.07, 6.45) is 8.23. The molecule has 37 heavy (non-hydrogen) atoms. The first kappa shape index (κ1) is 24.6. The van der Waals surface area contributed by atoms with E-state index in [0.29, 0.717) is 23.7 Å². The van der Waals surface area contributed by atoms with Gasteiger partial charge in [-0.1, -0.05) is 24.6 Å². The Labute approximate surface area is 216 Å². The van der Waals surface area contributed by atoms with Crippen molar-refractivity contribution in [1.29, 1.82) is 0 Å². The number of benzene rings is 2. The van der Waals surface area contributed by atoms with Crippen LogP contribution in [0.5, 0.6) is 5.75 Å². The highest BCUT2D eigenvalue weighted by atomic mass is 16.5. The highest BCUT2D eigenvalue weighted by Crippen LogP contribution is 2.28. The topological polar surface area (TPSA) is 106 Å². The first-order valence-electron chi connectivity index (χ1n) is 12.8. The van der Waals surface area contributed by atoms with Crippen LogP contribution in [0.3, 0.4) is 0 Å². The normalized spacial score (nSPS) is 14.0. The van der Waals surface area contributed by atoms with Crippen molar-refractivity contribution in [2.75, 3.05) is 37.3 Å². The zero-order valence-corrected chi connectivity index (χ0v) is 21.1. The van der Waals surface area contributed by atoms with Crippen molar-refractivity contribution in [3.05, 3.63) is 72.1 Å². The van der Waals surface area contributed by atoms with E-state index in [-0.39, 0.29) is 11.9 Å². The lowest BCUT2D eigenvalue weighted by atomic mass is 10.0. The number of nitrogen functional groups attached to an aromatic ring is 1. The Morgan fingerprint density at radius 2 is 1.89 bits per heavy atom. The van der Waals surface area contributed by atoms with Crippen molar-refractivity contribution < 1.29 is 9.53 Å². The van der Waals surface area contributed by atoms with Crippen molar-refractivity contribution in [2.24, 2.45) is 0 Å². The van der Waals surface area contributed by atoms with E-state index in [2.05, 4.69) is 25.2 Å². The summed E-state index contributed by atoms with van der Waals surface area (Å²) in [4.78, 5) is 28.4. The fraction of sp³-hybridized carbons (Fsp3) is 0.310. The van der Waals surface area contributed by atoms with Crippen molar-refractivity contribution in [3.8, 4) is 16.9 Å². The number of fused-ring (bicyclic) bond motifs is 1. The van der Waals surface area contributed by atoms with E-state index in [1.54, 1.807) is 18.5 Å². The van der Waals surface area contributed by atoms with Gasteiger partial charge < -0.3 is 20.7 Å². The lowest BCUT2D eigenvalue weighted by Gasteiger charge is -2.26. The number of likely N-dealkylation sites (tertiary alicyclic amines) is 1. The number of pyridine rings is 1. The Hall–Kier alpha value is -4.04. The quantitative estimate of drug-likeness (QED) is 0.327. The maximum atomic E-state index is 13.2. The van der Waals surface area contributed by atoms with Crippen LogP contribution in [0.2, 0.25) is 0 Å². The van der Waals surface area contributed by atoms with Gasteiger partial charge in [-0.3, -0.25) is 4.79 Å². The number of aromatic nitrogens is 3. The summed E-state index contributed by atoms with van der Waals surface area (Å²) >= 11 is 0. The Bertz CT molecular complexity index is 1400. The molecule has 3 heterocycles. The summed E-state index contributed by atoms with van der Waals surface area (Å²) in [6.45, 7) is 5.93. The lowest BCUT2D eigenvalue weighted by molar-refractivity contribution is 0.102. The highest BCUT2D eigenvalue weighted by molar-refractivity contribution is 6.05. The zero-order valence-electron chi connectivity index (χ0n) is 21.1. The molecule has 0 radical (unpaired) electrons. The van der Waals surface area contributed by atoms with E-state index in [0.717, 1.165) is 40.6 Å². The van der Waals surface area contributed by atoms with E-state index in [1.165, 1.54) is 32.4 Å². The predicted octanol–water partition coefficient (Wildman–Crippen LogP) is 5.09. The largest absolute Gasteiger partial charge is 0.489 e. The number of rotatable bonds is 8. The summed E-state index contributed by atoms with van der Waals surface area (Å²) in [5.74, 6) is 1.07. The number of nitrogens with zero attached hydrogens (tertiary/aromatic N) is 4. The molecule has 8 heteroatoms. The number of carbonyl (C=O) groups excluding carboxylic acids is 1.